The fraction of sp³-hybridized carbons (Fsp3) is 0.417. The second kappa shape index (κ2) is 8.05. The Morgan fingerprint density at radius 1 is 1.56 bits per heavy atom. The van der Waals surface area contributed by atoms with Gasteiger partial charge in [-0.1, -0.05) is 17.8 Å². The Morgan fingerprint density at radius 3 is 3.00 bits per heavy atom. The lowest BCUT2D eigenvalue weighted by atomic mass is 10.4. The van der Waals surface area contributed by atoms with Gasteiger partial charge in [-0.15, -0.1) is 11.3 Å². The number of rotatable bonds is 6. The number of hydrogen-bond acceptors (Lipinski definition) is 6. The molecule has 0 atom stereocenters. The summed E-state index contributed by atoms with van der Waals surface area (Å²) in [4.78, 5) is 26.2. The first-order valence-electron chi connectivity index (χ1n) is 5.56. The van der Waals surface area contributed by atoms with Gasteiger partial charge < -0.3 is 4.74 Å². The van der Waals surface area contributed by atoms with Crippen molar-refractivity contribution in [1.82, 2.24) is 4.98 Å². The van der Waals surface area contributed by atoms with Crippen molar-refractivity contribution in [3.05, 3.63) is 22.2 Å². The average molecular weight is 285 g/mol. The number of nitrogens with zero attached hydrogens (tertiary/aromatic N) is 1. The molecule has 0 aliphatic carbocycles. The quantitative estimate of drug-likeness (QED) is 0.594. The van der Waals surface area contributed by atoms with E-state index in [2.05, 4.69) is 4.98 Å². The van der Waals surface area contributed by atoms with Gasteiger partial charge in [0, 0.05) is 18.1 Å². The van der Waals surface area contributed by atoms with Crippen molar-refractivity contribution in [3.63, 3.8) is 0 Å². The molecule has 0 bridgehead atoms. The zero-order chi connectivity index (χ0) is 13.4. The van der Waals surface area contributed by atoms with Crippen LogP contribution in [-0.4, -0.2) is 28.4 Å². The van der Waals surface area contributed by atoms with E-state index in [9.17, 15) is 9.59 Å². The van der Waals surface area contributed by atoms with Gasteiger partial charge in [-0.25, -0.2) is 9.78 Å². The van der Waals surface area contributed by atoms with E-state index >= 15 is 0 Å². The van der Waals surface area contributed by atoms with Gasteiger partial charge in [0.1, 0.15) is 5.01 Å². The lowest BCUT2D eigenvalue weighted by Crippen LogP contribution is -2.04. The SMILES string of the molecule is CCOC(=O)c1csc(C=CCCSC(C)=O)n1. The normalized spacial score (nSPS) is 10.8. The highest BCUT2D eigenvalue weighted by molar-refractivity contribution is 8.13. The number of carbonyl (C=O) groups is 2. The van der Waals surface area contributed by atoms with Crippen LogP contribution in [0.25, 0.3) is 6.08 Å². The Labute approximate surface area is 114 Å². The summed E-state index contributed by atoms with van der Waals surface area (Å²) in [5, 5.41) is 2.58. The molecule has 0 amide bonds. The van der Waals surface area contributed by atoms with Crippen molar-refractivity contribution >= 4 is 40.3 Å². The van der Waals surface area contributed by atoms with Crippen LogP contribution in [0.15, 0.2) is 11.5 Å². The zero-order valence-electron chi connectivity index (χ0n) is 10.3. The van der Waals surface area contributed by atoms with Crippen molar-refractivity contribution in [1.29, 1.82) is 0 Å². The molecule has 0 saturated carbocycles. The van der Waals surface area contributed by atoms with Crippen LogP contribution in [-0.2, 0) is 9.53 Å². The van der Waals surface area contributed by atoms with E-state index in [0.717, 1.165) is 17.2 Å². The van der Waals surface area contributed by atoms with Crippen LogP contribution in [0.2, 0.25) is 0 Å². The highest BCUT2D eigenvalue weighted by Gasteiger charge is 2.09. The second-order valence-corrected chi connectivity index (χ2v) is 5.48. The van der Waals surface area contributed by atoms with Gasteiger partial charge in [-0.2, -0.15) is 0 Å². The number of thiazole rings is 1. The summed E-state index contributed by atoms with van der Waals surface area (Å²) in [5.41, 5.74) is 0.347. The number of thioether (sulfide) groups is 1. The Kier molecular flexibility index (Phi) is 6.67. The number of esters is 1. The fourth-order valence-corrected chi connectivity index (χ4v) is 2.37. The van der Waals surface area contributed by atoms with E-state index < -0.39 is 0 Å². The number of carbonyl (C=O) groups excluding carboxylic acids is 2. The van der Waals surface area contributed by atoms with Crippen LogP contribution in [0.4, 0.5) is 0 Å². The largest absolute Gasteiger partial charge is 0.461 e. The smallest absolute Gasteiger partial charge is 0.357 e. The number of aromatic nitrogens is 1. The molecule has 1 aromatic rings. The van der Waals surface area contributed by atoms with Crippen molar-refractivity contribution in [2.45, 2.75) is 20.3 Å². The molecule has 0 N–H and O–H groups in total. The Hall–Kier alpha value is -1.14. The first kappa shape index (κ1) is 14.9. The van der Waals surface area contributed by atoms with Crippen LogP contribution < -0.4 is 0 Å². The van der Waals surface area contributed by atoms with Gasteiger partial charge in [0.15, 0.2) is 10.8 Å². The Morgan fingerprint density at radius 2 is 2.33 bits per heavy atom. The van der Waals surface area contributed by atoms with Crippen molar-refractivity contribution in [2.24, 2.45) is 0 Å². The fourth-order valence-electron chi connectivity index (χ4n) is 1.12. The van der Waals surface area contributed by atoms with E-state index in [1.165, 1.54) is 23.1 Å². The third-order valence-electron chi connectivity index (χ3n) is 1.86. The zero-order valence-corrected chi connectivity index (χ0v) is 12.0. The van der Waals surface area contributed by atoms with Gasteiger partial charge >= 0.3 is 5.97 Å². The topological polar surface area (TPSA) is 56.3 Å². The van der Waals surface area contributed by atoms with Crippen LogP contribution in [0.3, 0.4) is 0 Å². The van der Waals surface area contributed by atoms with Crippen molar-refractivity contribution in [2.75, 3.05) is 12.4 Å². The van der Waals surface area contributed by atoms with Crippen molar-refractivity contribution in [3.8, 4) is 0 Å². The van der Waals surface area contributed by atoms with E-state index in [4.69, 9.17) is 4.74 Å². The molecule has 1 aromatic heterocycles. The van der Waals surface area contributed by atoms with E-state index in [-0.39, 0.29) is 11.1 Å². The van der Waals surface area contributed by atoms with Crippen molar-refractivity contribution < 1.29 is 14.3 Å². The maximum Gasteiger partial charge on any atom is 0.357 e. The molecule has 4 nitrogen and oxygen atoms in total. The Balaban J connectivity index is 2.41. The van der Waals surface area contributed by atoms with Gasteiger partial charge in [0.25, 0.3) is 0 Å². The summed E-state index contributed by atoms with van der Waals surface area (Å²) in [5.74, 6) is 0.377. The number of allylic oxidation sites excluding steroid dienone is 1. The summed E-state index contributed by atoms with van der Waals surface area (Å²) >= 11 is 2.70. The lowest BCUT2D eigenvalue weighted by molar-refractivity contribution is -0.109. The standard InChI is InChI=1S/C12H15NO3S2/c1-3-16-12(15)10-8-18-11(13-10)6-4-5-7-17-9(2)14/h4,6,8H,3,5,7H2,1-2H3. The van der Waals surface area contributed by atoms with Crippen LogP contribution in [0.1, 0.15) is 35.8 Å². The molecule has 0 spiro atoms. The molecule has 0 saturated heterocycles. The number of hydrogen-bond donors (Lipinski definition) is 0. The number of ether oxygens (including phenoxy) is 1. The summed E-state index contributed by atoms with van der Waals surface area (Å²) < 4.78 is 4.85. The predicted octanol–water partition coefficient (Wildman–Crippen LogP) is 3.00. The lowest BCUT2D eigenvalue weighted by Gasteiger charge is -1.95. The highest BCUT2D eigenvalue weighted by atomic mass is 32.2. The molecule has 0 aromatic carbocycles. The third-order valence-corrected chi connectivity index (χ3v) is 3.51. The summed E-state index contributed by atoms with van der Waals surface area (Å²) in [6, 6.07) is 0. The molecular formula is C12H15NO3S2. The Bertz CT molecular complexity index is 440. The summed E-state index contributed by atoms with van der Waals surface area (Å²) in [6.45, 7) is 3.67. The molecule has 0 aliphatic heterocycles. The minimum absolute atomic E-state index is 0.127. The molecule has 0 aliphatic rings. The van der Waals surface area contributed by atoms with Crippen LogP contribution in [0.5, 0.6) is 0 Å². The first-order valence-corrected chi connectivity index (χ1v) is 7.42. The van der Waals surface area contributed by atoms with E-state index in [1.807, 2.05) is 12.2 Å². The molecule has 6 heteroatoms. The molecule has 18 heavy (non-hydrogen) atoms. The molecule has 1 rings (SSSR count). The summed E-state index contributed by atoms with van der Waals surface area (Å²) in [7, 11) is 0. The molecular weight excluding hydrogens is 270 g/mol. The summed E-state index contributed by atoms with van der Waals surface area (Å²) in [6.07, 6.45) is 4.61. The van der Waals surface area contributed by atoms with E-state index in [0.29, 0.717) is 12.3 Å². The highest BCUT2D eigenvalue weighted by Crippen LogP contribution is 2.13. The molecule has 98 valence electrons. The van der Waals surface area contributed by atoms with Gasteiger partial charge in [0.2, 0.25) is 0 Å². The minimum atomic E-state index is -0.388. The molecule has 1 heterocycles. The molecule has 0 fully saturated rings. The van der Waals surface area contributed by atoms with Gasteiger partial charge in [-0.05, 0) is 19.4 Å². The predicted molar refractivity (Wildman–Crippen MR) is 74.9 cm³/mol. The van der Waals surface area contributed by atoms with Gasteiger partial charge in [-0.3, -0.25) is 4.79 Å². The maximum atomic E-state index is 11.4. The van der Waals surface area contributed by atoms with Gasteiger partial charge in [0.05, 0.1) is 6.61 Å². The van der Waals surface area contributed by atoms with E-state index in [1.54, 1.807) is 19.2 Å². The third kappa shape index (κ3) is 5.46. The molecule has 0 unspecified atom stereocenters. The van der Waals surface area contributed by atoms with Crippen LogP contribution >= 0.6 is 23.1 Å². The second-order valence-electron chi connectivity index (χ2n) is 3.32. The minimum Gasteiger partial charge on any atom is -0.461 e. The molecule has 0 radical (unpaired) electrons. The van der Waals surface area contributed by atoms with Crippen LogP contribution in [0, 0.1) is 0 Å². The maximum absolute atomic E-state index is 11.4. The monoisotopic (exact) mass is 285 g/mol. The first-order chi connectivity index (χ1) is 8.63. The average Bonchev–Trinajstić information content (AvgIpc) is 2.77.